The molecule has 0 saturated heterocycles. The van der Waals surface area contributed by atoms with Crippen LogP contribution in [0.5, 0.6) is 0 Å². The summed E-state index contributed by atoms with van der Waals surface area (Å²) in [5, 5.41) is 8.84. The molecule has 0 fully saturated rings. The fourth-order valence-corrected chi connectivity index (χ4v) is 2.10. The van der Waals surface area contributed by atoms with Crippen molar-refractivity contribution >= 4 is 17.7 Å². The number of rotatable bonds is 5. The van der Waals surface area contributed by atoms with Crippen LogP contribution in [0.2, 0.25) is 0 Å². The minimum absolute atomic E-state index is 0.0344. The van der Waals surface area contributed by atoms with Gasteiger partial charge in [-0.3, -0.25) is 5.43 Å². The highest BCUT2D eigenvalue weighted by molar-refractivity contribution is 7.99. The molecule has 0 aliphatic rings. The summed E-state index contributed by atoms with van der Waals surface area (Å²) in [5.41, 5.74) is 0.948. The number of nitrogen functional groups attached to an aromatic ring is 1. The number of aliphatic hydroxyl groups is 1. The second kappa shape index (κ2) is 6.21. The number of hydrogen-bond acceptors (Lipinski definition) is 6. The number of aromatic nitrogens is 2. The van der Waals surface area contributed by atoms with Crippen LogP contribution >= 0.6 is 11.8 Å². The monoisotopic (exact) mass is 282 g/mol. The number of nitrogens with zero attached hydrogens (tertiary/aromatic N) is 2. The summed E-state index contributed by atoms with van der Waals surface area (Å²) < 4.78 is 37.7. The average Bonchev–Trinajstić information content (AvgIpc) is 2.27. The van der Waals surface area contributed by atoms with Crippen LogP contribution < -0.4 is 11.3 Å². The normalized spacial score (nSPS) is 13.4. The van der Waals surface area contributed by atoms with E-state index < -0.39 is 11.9 Å². The molecule has 0 aromatic carbocycles. The van der Waals surface area contributed by atoms with E-state index in [9.17, 15) is 13.2 Å². The fraction of sp³-hybridized carbons (Fsp3) is 0.556. The maximum Gasteiger partial charge on any atom is 0.433 e. The number of hydrazine groups is 1. The van der Waals surface area contributed by atoms with Gasteiger partial charge in [-0.25, -0.2) is 15.8 Å². The maximum absolute atomic E-state index is 12.6. The third kappa shape index (κ3) is 4.31. The molecule has 5 nitrogen and oxygen atoms in total. The molecule has 0 spiro atoms. The van der Waals surface area contributed by atoms with Crippen molar-refractivity contribution in [2.24, 2.45) is 5.84 Å². The number of nitrogens with two attached hydrogens (primary N) is 1. The summed E-state index contributed by atoms with van der Waals surface area (Å²) in [6, 6.07) is 0.860. The number of hydrogen-bond donors (Lipinski definition) is 3. The molecule has 1 atom stereocenters. The van der Waals surface area contributed by atoms with Crippen molar-refractivity contribution in [3.63, 3.8) is 0 Å². The van der Waals surface area contributed by atoms with Gasteiger partial charge in [0.1, 0.15) is 5.03 Å². The van der Waals surface area contributed by atoms with Crippen molar-refractivity contribution in [3.8, 4) is 0 Å². The molecule has 1 heterocycles. The average molecular weight is 282 g/mol. The Bertz CT molecular complexity index is 402. The smallest absolute Gasteiger partial charge is 0.396 e. The van der Waals surface area contributed by atoms with Crippen LogP contribution in [0.3, 0.4) is 0 Å². The van der Waals surface area contributed by atoms with Gasteiger partial charge in [0.15, 0.2) is 5.69 Å². The molecule has 0 saturated carbocycles. The number of nitrogens with one attached hydrogen (secondary N) is 1. The fourth-order valence-electron chi connectivity index (χ4n) is 1.14. The third-order valence-electron chi connectivity index (χ3n) is 1.98. The molecule has 18 heavy (non-hydrogen) atoms. The van der Waals surface area contributed by atoms with Gasteiger partial charge in [0, 0.05) is 17.9 Å². The van der Waals surface area contributed by atoms with E-state index in [1.54, 1.807) is 6.92 Å². The highest BCUT2D eigenvalue weighted by Crippen LogP contribution is 2.32. The lowest BCUT2D eigenvalue weighted by Gasteiger charge is -2.12. The lowest BCUT2D eigenvalue weighted by atomic mass is 10.3. The van der Waals surface area contributed by atoms with Crippen molar-refractivity contribution in [3.05, 3.63) is 11.8 Å². The molecular weight excluding hydrogens is 269 g/mol. The van der Waals surface area contributed by atoms with E-state index in [0.29, 0.717) is 6.42 Å². The molecule has 0 amide bonds. The predicted octanol–water partition coefficient (Wildman–Crippen LogP) is 1.64. The van der Waals surface area contributed by atoms with Crippen LogP contribution in [0.1, 0.15) is 19.0 Å². The van der Waals surface area contributed by atoms with Gasteiger partial charge in [0.05, 0.1) is 0 Å². The van der Waals surface area contributed by atoms with Gasteiger partial charge in [-0.2, -0.15) is 13.2 Å². The number of anilines is 1. The van der Waals surface area contributed by atoms with Gasteiger partial charge in [-0.15, -0.1) is 11.8 Å². The van der Waals surface area contributed by atoms with E-state index in [0.717, 1.165) is 17.8 Å². The number of halogens is 3. The second-order valence-electron chi connectivity index (χ2n) is 3.50. The van der Waals surface area contributed by atoms with Crippen LogP contribution in [-0.2, 0) is 6.18 Å². The first kappa shape index (κ1) is 15.0. The van der Waals surface area contributed by atoms with Gasteiger partial charge >= 0.3 is 6.18 Å². The first-order valence-corrected chi connectivity index (χ1v) is 5.95. The molecule has 4 N–H and O–H groups in total. The van der Waals surface area contributed by atoms with Gasteiger partial charge in [-0.1, -0.05) is 6.92 Å². The summed E-state index contributed by atoms with van der Waals surface area (Å²) in [5.74, 6) is 4.74. The quantitative estimate of drug-likeness (QED) is 0.329. The van der Waals surface area contributed by atoms with Crippen molar-refractivity contribution < 1.29 is 18.3 Å². The number of aliphatic hydroxyl groups excluding tert-OH is 1. The summed E-state index contributed by atoms with van der Waals surface area (Å²) >= 11 is 1.12. The van der Waals surface area contributed by atoms with Crippen molar-refractivity contribution in [1.82, 2.24) is 9.97 Å². The van der Waals surface area contributed by atoms with Crippen LogP contribution in [0, 0.1) is 0 Å². The van der Waals surface area contributed by atoms with Gasteiger partial charge < -0.3 is 5.11 Å². The molecule has 102 valence electrons. The molecule has 0 bridgehead atoms. The van der Waals surface area contributed by atoms with E-state index in [-0.39, 0.29) is 22.8 Å². The first-order valence-electron chi connectivity index (χ1n) is 5.07. The Kier molecular flexibility index (Phi) is 5.17. The zero-order valence-electron chi connectivity index (χ0n) is 9.53. The zero-order chi connectivity index (χ0) is 13.8. The first-order chi connectivity index (χ1) is 8.36. The van der Waals surface area contributed by atoms with Crippen LogP contribution in [0.25, 0.3) is 0 Å². The lowest BCUT2D eigenvalue weighted by Crippen LogP contribution is -2.16. The minimum atomic E-state index is -4.55. The standard InChI is InChI=1S/C9H13F3N4OS/c1-5(2-3-17)18-7-4-6(9(10,11)12)14-8(15-7)16-13/h4-5,17H,2-3,13H2,1H3,(H,14,15,16). The van der Waals surface area contributed by atoms with Crippen molar-refractivity contribution in [1.29, 1.82) is 0 Å². The Labute approximate surface area is 106 Å². The van der Waals surface area contributed by atoms with Crippen LogP contribution in [0.15, 0.2) is 11.1 Å². The largest absolute Gasteiger partial charge is 0.433 e. The van der Waals surface area contributed by atoms with Gasteiger partial charge in [0.25, 0.3) is 0 Å². The second-order valence-corrected chi connectivity index (χ2v) is 4.96. The summed E-state index contributed by atoms with van der Waals surface area (Å²) in [6.07, 6.45) is -4.09. The zero-order valence-corrected chi connectivity index (χ0v) is 10.3. The van der Waals surface area contributed by atoms with E-state index in [1.165, 1.54) is 0 Å². The molecule has 1 aromatic rings. The Balaban J connectivity index is 2.97. The number of thioether (sulfide) groups is 1. The Morgan fingerprint density at radius 2 is 2.17 bits per heavy atom. The van der Waals surface area contributed by atoms with Crippen LogP contribution in [-0.4, -0.2) is 26.9 Å². The highest BCUT2D eigenvalue weighted by atomic mass is 32.2. The lowest BCUT2D eigenvalue weighted by molar-refractivity contribution is -0.141. The third-order valence-corrected chi connectivity index (χ3v) is 3.07. The van der Waals surface area contributed by atoms with Gasteiger partial charge in [0.2, 0.25) is 5.95 Å². The Morgan fingerprint density at radius 1 is 1.50 bits per heavy atom. The van der Waals surface area contributed by atoms with E-state index in [1.807, 2.05) is 5.43 Å². The molecule has 0 radical (unpaired) electrons. The van der Waals surface area contributed by atoms with Crippen molar-refractivity contribution in [2.45, 2.75) is 29.8 Å². The van der Waals surface area contributed by atoms with Crippen molar-refractivity contribution in [2.75, 3.05) is 12.0 Å². The molecule has 9 heteroatoms. The summed E-state index contributed by atoms with van der Waals surface area (Å²) in [7, 11) is 0. The Morgan fingerprint density at radius 3 is 2.67 bits per heavy atom. The minimum Gasteiger partial charge on any atom is -0.396 e. The predicted molar refractivity (Wildman–Crippen MR) is 61.9 cm³/mol. The SMILES string of the molecule is CC(CCO)Sc1cc(C(F)(F)F)nc(NN)n1. The van der Waals surface area contributed by atoms with Crippen LogP contribution in [0.4, 0.5) is 19.1 Å². The molecular formula is C9H13F3N4OS. The highest BCUT2D eigenvalue weighted by Gasteiger charge is 2.33. The Hall–Kier alpha value is -1.06. The molecule has 1 rings (SSSR count). The molecule has 1 aromatic heterocycles. The van der Waals surface area contributed by atoms with E-state index in [2.05, 4.69) is 9.97 Å². The van der Waals surface area contributed by atoms with E-state index in [4.69, 9.17) is 10.9 Å². The maximum atomic E-state index is 12.6. The molecule has 1 unspecified atom stereocenters. The summed E-state index contributed by atoms with van der Waals surface area (Å²) in [6.45, 7) is 1.75. The topological polar surface area (TPSA) is 84.1 Å². The van der Waals surface area contributed by atoms with E-state index >= 15 is 0 Å². The van der Waals surface area contributed by atoms with Gasteiger partial charge in [-0.05, 0) is 6.42 Å². The molecule has 0 aliphatic carbocycles. The molecule has 0 aliphatic heterocycles. The number of alkyl halides is 3. The summed E-state index contributed by atoms with van der Waals surface area (Å²) in [4.78, 5) is 7.06.